The zero-order valence-corrected chi connectivity index (χ0v) is 19.6. The average molecular weight is 495 g/mol. The molecule has 10 nitrogen and oxygen atoms in total. The molecule has 1 aromatic carbocycles. The third-order valence-corrected chi connectivity index (χ3v) is 6.69. The van der Waals surface area contributed by atoms with Crippen molar-refractivity contribution in [1.29, 1.82) is 0 Å². The summed E-state index contributed by atoms with van der Waals surface area (Å²) < 4.78 is 35.3. The molecule has 0 saturated carbocycles. The summed E-state index contributed by atoms with van der Waals surface area (Å²) in [6.45, 7) is 3.95. The molecule has 1 saturated heterocycles. The second-order valence-electron chi connectivity index (χ2n) is 9.11. The Hall–Kier alpha value is -4.09. The number of aliphatic imine (C=N–C) groups is 1. The van der Waals surface area contributed by atoms with Crippen LogP contribution in [0.5, 0.6) is 5.75 Å². The first-order valence-corrected chi connectivity index (χ1v) is 11.8. The molecular formula is C24H24F2N8O2. The first kappa shape index (κ1) is 22.4. The highest BCUT2D eigenvalue weighted by Gasteiger charge is 2.35. The number of carbonyl (C=O) groups excluding carboxylic acids is 1. The number of amides is 1. The molecule has 2 aromatic heterocycles. The maximum absolute atomic E-state index is 13.9. The van der Waals surface area contributed by atoms with Gasteiger partial charge < -0.3 is 20.3 Å². The maximum atomic E-state index is 13.9. The second-order valence-corrected chi connectivity index (χ2v) is 9.11. The van der Waals surface area contributed by atoms with Crippen molar-refractivity contribution in [2.24, 2.45) is 10.7 Å². The second kappa shape index (κ2) is 8.54. The molecule has 36 heavy (non-hydrogen) atoms. The molecule has 1 fully saturated rings. The summed E-state index contributed by atoms with van der Waals surface area (Å²) in [6, 6.07) is 4.29. The molecule has 3 aromatic rings. The maximum Gasteiger partial charge on any atom is 0.240 e. The Balaban J connectivity index is 1.36. The van der Waals surface area contributed by atoms with E-state index in [0.717, 1.165) is 18.1 Å². The van der Waals surface area contributed by atoms with E-state index in [-0.39, 0.29) is 17.6 Å². The van der Waals surface area contributed by atoms with Crippen LogP contribution in [0.15, 0.2) is 35.5 Å². The van der Waals surface area contributed by atoms with Gasteiger partial charge in [0.05, 0.1) is 17.8 Å². The van der Waals surface area contributed by atoms with E-state index in [1.165, 1.54) is 16.8 Å². The van der Waals surface area contributed by atoms with Crippen LogP contribution in [0.2, 0.25) is 0 Å². The lowest BCUT2D eigenvalue weighted by atomic mass is 10.2. The third-order valence-electron chi connectivity index (χ3n) is 6.69. The van der Waals surface area contributed by atoms with Crippen LogP contribution in [0, 0.1) is 18.6 Å². The van der Waals surface area contributed by atoms with Gasteiger partial charge in [-0.25, -0.2) is 23.4 Å². The molecule has 3 aliphatic rings. The van der Waals surface area contributed by atoms with Gasteiger partial charge in [-0.05, 0) is 31.9 Å². The van der Waals surface area contributed by atoms with E-state index in [1.807, 2.05) is 11.0 Å². The third kappa shape index (κ3) is 3.82. The topological polar surface area (TPSA) is 115 Å². The van der Waals surface area contributed by atoms with Crippen molar-refractivity contribution in [2.45, 2.75) is 31.8 Å². The summed E-state index contributed by atoms with van der Waals surface area (Å²) in [5, 5.41) is 4.37. The molecule has 1 unspecified atom stereocenters. The molecule has 186 valence electrons. The van der Waals surface area contributed by atoms with Crippen molar-refractivity contribution >= 4 is 17.6 Å². The molecule has 0 radical (unpaired) electrons. The van der Waals surface area contributed by atoms with Crippen LogP contribution in [0.1, 0.15) is 36.1 Å². The van der Waals surface area contributed by atoms with Crippen molar-refractivity contribution in [1.82, 2.24) is 24.6 Å². The largest absolute Gasteiger partial charge is 0.491 e. The monoisotopic (exact) mass is 494 g/mol. The van der Waals surface area contributed by atoms with E-state index < -0.39 is 17.7 Å². The summed E-state index contributed by atoms with van der Waals surface area (Å²) in [5.41, 5.74) is 6.56. The molecule has 3 aliphatic heterocycles. The molecule has 0 spiro atoms. The molecule has 2 atom stereocenters. The number of primary amides is 1. The number of hydrogen-bond donors (Lipinski definition) is 1. The number of hydrogen-bond acceptors (Lipinski definition) is 8. The fourth-order valence-corrected chi connectivity index (χ4v) is 5.11. The van der Waals surface area contributed by atoms with Crippen molar-refractivity contribution in [3.63, 3.8) is 0 Å². The van der Waals surface area contributed by atoms with Gasteiger partial charge in [0.15, 0.2) is 5.82 Å². The standard InChI is InChI=1S/C24H24F2N8O2/c1-13-29-24(34(31-13)16-8-14(25)7-15(26)9-16)18-12-32-5-6-36-20-10-21(28-11-17(20)23(32)30-18)33-4-2-3-19(33)22(27)35/h7-11,18-19H,2-6,12H2,1H3,(H2,27,35)/t18?,19-/m0/s1. The molecule has 0 aliphatic carbocycles. The normalized spacial score (nSPS) is 21.0. The van der Waals surface area contributed by atoms with Gasteiger partial charge in [-0.2, -0.15) is 5.10 Å². The van der Waals surface area contributed by atoms with E-state index in [0.29, 0.717) is 61.7 Å². The molecule has 6 rings (SSSR count). The average Bonchev–Trinajstić information content (AvgIpc) is 3.55. The Morgan fingerprint density at radius 3 is 2.75 bits per heavy atom. The van der Waals surface area contributed by atoms with Gasteiger partial charge in [-0.3, -0.25) is 9.79 Å². The summed E-state index contributed by atoms with van der Waals surface area (Å²) in [7, 11) is 0. The van der Waals surface area contributed by atoms with E-state index >= 15 is 0 Å². The predicted molar refractivity (Wildman–Crippen MR) is 126 cm³/mol. The quantitative estimate of drug-likeness (QED) is 0.589. The van der Waals surface area contributed by atoms with Crippen LogP contribution >= 0.6 is 0 Å². The predicted octanol–water partition coefficient (Wildman–Crippen LogP) is 1.90. The van der Waals surface area contributed by atoms with Gasteiger partial charge in [0.25, 0.3) is 0 Å². The number of amidine groups is 1. The van der Waals surface area contributed by atoms with Crippen LogP contribution in [0.4, 0.5) is 14.6 Å². The number of fused-ring (bicyclic) bond motifs is 3. The highest BCUT2D eigenvalue weighted by atomic mass is 19.1. The van der Waals surface area contributed by atoms with Crippen LogP contribution in [0.25, 0.3) is 5.69 Å². The molecule has 5 heterocycles. The number of nitrogens with zero attached hydrogens (tertiary/aromatic N) is 7. The molecule has 12 heteroatoms. The number of benzene rings is 1. The minimum atomic E-state index is -0.694. The molecule has 2 N–H and O–H groups in total. The van der Waals surface area contributed by atoms with Crippen LogP contribution in [-0.4, -0.2) is 68.7 Å². The lowest BCUT2D eigenvalue weighted by molar-refractivity contribution is -0.119. The zero-order valence-electron chi connectivity index (χ0n) is 19.6. The van der Waals surface area contributed by atoms with Gasteiger partial charge in [-0.15, -0.1) is 0 Å². The fraction of sp³-hybridized carbons (Fsp3) is 0.375. The summed E-state index contributed by atoms with van der Waals surface area (Å²) in [5.74, 6) is 1.19. The fourth-order valence-electron chi connectivity index (χ4n) is 5.11. The van der Waals surface area contributed by atoms with Crippen molar-refractivity contribution in [3.8, 4) is 11.4 Å². The number of aryl methyl sites for hydroxylation is 1. The number of pyridine rings is 1. The van der Waals surface area contributed by atoms with Gasteiger partial charge in [0, 0.05) is 31.4 Å². The number of nitrogens with two attached hydrogens (primary N) is 1. The lowest BCUT2D eigenvalue weighted by Crippen LogP contribution is -2.40. The summed E-state index contributed by atoms with van der Waals surface area (Å²) in [4.78, 5) is 29.9. The number of halogens is 2. The Labute approximate surface area is 205 Å². The molecule has 1 amide bonds. The lowest BCUT2D eigenvalue weighted by Gasteiger charge is -2.24. The minimum Gasteiger partial charge on any atom is -0.491 e. The van der Waals surface area contributed by atoms with Crippen molar-refractivity contribution in [3.05, 3.63) is 59.3 Å². The zero-order chi connectivity index (χ0) is 25.0. The number of ether oxygens (including phenoxy) is 1. The van der Waals surface area contributed by atoms with Gasteiger partial charge >= 0.3 is 0 Å². The van der Waals surface area contributed by atoms with Crippen LogP contribution < -0.4 is 15.4 Å². The van der Waals surface area contributed by atoms with E-state index in [9.17, 15) is 13.6 Å². The number of rotatable bonds is 4. The van der Waals surface area contributed by atoms with Gasteiger partial charge in [-0.1, -0.05) is 0 Å². The summed E-state index contributed by atoms with van der Waals surface area (Å²) in [6.07, 6.45) is 3.27. The smallest absolute Gasteiger partial charge is 0.240 e. The summed E-state index contributed by atoms with van der Waals surface area (Å²) >= 11 is 0. The highest BCUT2D eigenvalue weighted by Crippen LogP contribution is 2.35. The number of carbonyl (C=O) groups is 1. The van der Waals surface area contributed by atoms with Crippen molar-refractivity contribution in [2.75, 3.05) is 31.1 Å². The minimum absolute atomic E-state index is 0.245. The number of anilines is 1. The van der Waals surface area contributed by atoms with Crippen LogP contribution in [-0.2, 0) is 4.79 Å². The van der Waals surface area contributed by atoms with E-state index in [4.69, 9.17) is 15.5 Å². The van der Waals surface area contributed by atoms with Crippen molar-refractivity contribution < 1.29 is 18.3 Å². The van der Waals surface area contributed by atoms with Gasteiger partial charge in [0.2, 0.25) is 5.91 Å². The van der Waals surface area contributed by atoms with Crippen LogP contribution in [0.3, 0.4) is 0 Å². The SMILES string of the molecule is Cc1nc(C2CN3CCOc4cc(N5CCC[C@H]5C(N)=O)ncc4C3=N2)n(-c2cc(F)cc(F)c2)n1. The first-order chi connectivity index (χ1) is 17.4. The first-order valence-electron chi connectivity index (χ1n) is 11.8. The molecular weight excluding hydrogens is 470 g/mol. The Bertz CT molecular complexity index is 1370. The number of aromatic nitrogens is 4. The Kier molecular flexibility index (Phi) is 5.31. The Morgan fingerprint density at radius 1 is 1.17 bits per heavy atom. The molecule has 0 bridgehead atoms. The Morgan fingerprint density at radius 2 is 1.97 bits per heavy atom. The van der Waals surface area contributed by atoms with Gasteiger partial charge in [0.1, 0.15) is 53.6 Å². The highest BCUT2D eigenvalue weighted by molar-refractivity contribution is 6.02. The van der Waals surface area contributed by atoms with E-state index in [1.54, 1.807) is 13.1 Å². The van der Waals surface area contributed by atoms with E-state index in [2.05, 4.69) is 20.0 Å².